The largest absolute Gasteiger partial charge is 0.393 e. The highest BCUT2D eigenvalue weighted by molar-refractivity contribution is 5.88. The number of fused-ring (bicyclic) bond motifs is 1. The molecule has 3 rings (SSSR count). The van der Waals surface area contributed by atoms with Crippen LogP contribution >= 0.6 is 0 Å². The molecule has 0 bridgehead atoms. The molecule has 3 heteroatoms. The van der Waals surface area contributed by atoms with Gasteiger partial charge in [0.1, 0.15) is 6.61 Å². The maximum Gasteiger partial charge on any atom is 0.135 e. The van der Waals surface area contributed by atoms with Gasteiger partial charge in [-0.3, -0.25) is 0 Å². The Labute approximate surface area is 214 Å². The minimum Gasteiger partial charge on any atom is -0.393 e. The number of aliphatic hydroxyl groups excluding tert-OH is 1. The number of oxime groups is 1. The van der Waals surface area contributed by atoms with E-state index in [1.807, 2.05) is 0 Å². The predicted octanol–water partition coefficient (Wildman–Crippen LogP) is 8.49. The summed E-state index contributed by atoms with van der Waals surface area (Å²) < 4.78 is 0. The van der Waals surface area contributed by atoms with Crippen LogP contribution in [-0.2, 0) is 4.84 Å². The Hall–Kier alpha value is -1.87. The molecule has 2 saturated carbocycles. The molecule has 4 atom stereocenters. The van der Waals surface area contributed by atoms with Crippen molar-refractivity contribution >= 4 is 5.71 Å². The van der Waals surface area contributed by atoms with Gasteiger partial charge in [0.25, 0.3) is 0 Å². The second-order valence-corrected chi connectivity index (χ2v) is 12.3. The Morgan fingerprint density at radius 1 is 1.31 bits per heavy atom. The van der Waals surface area contributed by atoms with Crippen LogP contribution in [0.15, 0.2) is 64.9 Å². The molecule has 194 valence electrons. The molecule has 0 aromatic carbocycles. The van der Waals surface area contributed by atoms with E-state index in [1.165, 1.54) is 43.3 Å². The van der Waals surface area contributed by atoms with Gasteiger partial charge in [-0.05, 0) is 87.0 Å². The molecule has 0 spiro atoms. The number of rotatable bonds is 9. The molecular formula is C32H49NO2. The molecule has 35 heavy (non-hydrogen) atoms. The smallest absolute Gasteiger partial charge is 0.135 e. The van der Waals surface area contributed by atoms with E-state index in [2.05, 4.69) is 71.2 Å². The average Bonchev–Trinajstić information content (AvgIpc) is 3.15. The minimum absolute atomic E-state index is 0.0192. The van der Waals surface area contributed by atoms with Crippen LogP contribution in [0.2, 0.25) is 0 Å². The summed E-state index contributed by atoms with van der Waals surface area (Å²) in [5, 5.41) is 14.5. The third-order valence-corrected chi connectivity index (χ3v) is 8.61. The number of aliphatic hydroxyl groups is 1. The second-order valence-electron chi connectivity index (χ2n) is 12.3. The van der Waals surface area contributed by atoms with Crippen LogP contribution in [0.5, 0.6) is 0 Å². The van der Waals surface area contributed by atoms with E-state index < -0.39 is 0 Å². The number of hydrogen-bond donors (Lipinski definition) is 1. The van der Waals surface area contributed by atoms with Gasteiger partial charge in [0.05, 0.1) is 11.8 Å². The fraction of sp³-hybridized carbons (Fsp3) is 0.656. The van der Waals surface area contributed by atoms with Crippen molar-refractivity contribution < 1.29 is 9.94 Å². The normalized spacial score (nSPS) is 30.9. The van der Waals surface area contributed by atoms with Crippen molar-refractivity contribution in [2.45, 2.75) is 105 Å². The Balaban J connectivity index is 1.64. The molecule has 0 amide bonds. The van der Waals surface area contributed by atoms with Gasteiger partial charge in [-0.15, -0.1) is 0 Å². The lowest BCUT2D eigenvalue weighted by Crippen LogP contribution is -2.32. The second kappa shape index (κ2) is 11.9. The SMILES string of the molecule is C=CCO/N=C(\CCC[C@@H](C)C1=CC[C@H]2/C(=C/C=C3/C[C@@H](O)CCC3=C)CCC[C@]12C)C(C)(C)C. The first-order valence-electron chi connectivity index (χ1n) is 13.8. The van der Waals surface area contributed by atoms with Crippen LogP contribution in [-0.4, -0.2) is 23.5 Å². The van der Waals surface area contributed by atoms with E-state index in [4.69, 9.17) is 4.84 Å². The third kappa shape index (κ3) is 6.88. The number of allylic oxidation sites excluding steroid dienone is 6. The first-order chi connectivity index (χ1) is 16.6. The molecule has 1 N–H and O–H groups in total. The van der Waals surface area contributed by atoms with Gasteiger partial charge in [0.15, 0.2) is 0 Å². The minimum atomic E-state index is -0.209. The van der Waals surface area contributed by atoms with Crippen molar-refractivity contribution in [3.8, 4) is 0 Å². The van der Waals surface area contributed by atoms with Crippen LogP contribution in [0.3, 0.4) is 0 Å². The molecule has 0 aromatic heterocycles. The molecule has 3 nitrogen and oxygen atoms in total. The van der Waals surface area contributed by atoms with E-state index in [0.29, 0.717) is 18.4 Å². The third-order valence-electron chi connectivity index (χ3n) is 8.61. The molecule has 0 aliphatic heterocycles. The van der Waals surface area contributed by atoms with Crippen molar-refractivity contribution in [1.29, 1.82) is 0 Å². The van der Waals surface area contributed by atoms with E-state index in [9.17, 15) is 5.11 Å². The first-order valence-corrected chi connectivity index (χ1v) is 13.8. The highest BCUT2D eigenvalue weighted by atomic mass is 16.6. The lowest BCUT2D eigenvalue weighted by atomic mass is 9.62. The Morgan fingerprint density at radius 2 is 2.09 bits per heavy atom. The molecule has 0 unspecified atom stereocenters. The highest BCUT2D eigenvalue weighted by Crippen LogP contribution is 2.57. The quantitative estimate of drug-likeness (QED) is 0.156. The first kappa shape index (κ1) is 27.7. The van der Waals surface area contributed by atoms with Crippen LogP contribution < -0.4 is 0 Å². The average molecular weight is 480 g/mol. The van der Waals surface area contributed by atoms with Crippen LogP contribution in [0.1, 0.15) is 98.8 Å². The lowest BCUT2D eigenvalue weighted by molar-refractivity contribution is 0.158. The summed E-state index contributed by atoms with van der Waals surface area (Å²) in [6, 6.07) is 0. The van der Waals surface area contributed by atoms with Crippen LogP contribution in [0.25, 0.3) is 0 Å². The number of hydrogen-bond acceptors (Lipinski definition) is 3. The molecule has 0 saturated heterocycles. The van der Waals surface area contributed by atoms with Gasteiger partial charge in [0, 0.05) is 5.41 Å². The summed E-state index contributed by atoms with van der Waals surface area (Å²) in [6.45, 7) is 20.0. The van der Waals surface area contributed by atoms with Crippen molar-refractivity contribution in [1.82, 2.24) is 0 Å². The van der Waals surface area contributed by atoms with E-state index >= 15 is 0 Å². The molecule has 3 aliphatic carbocycles. The molecular weight excluding hydrogens is 430 g/mol. The lowest BCUT2D eigenvalue weighted by Gasteiger charge is -2.42. The van der Waals surface area contributed by atoms with Crippen LogP contribution in [0, 0.1) is 22.7 Å². The summed E-state index contributed by atoms with van der Waals surface area (Å²) in [6.07, 6.45) is 19.5. The van der Waals surface area contributed by atoms with Gasteiger partial charge in [-0.1, -0.05) is 94.0 Å². The monoisotopic (exact) mass is 479 g/mol. The number of nitrogens with zero attached hydrogens (tertiary/aromatic N) is 1. The van der Waals surface area contributed by atoms with Crippen LogP contribution in [0.4, 0.5) is 0 Å². The van der Waals surface area contributed by atoms with Gasteiger partial charge in [0.2, 0.25) is 0 Å². The summed E-state index contributed by atoms with van der Waals surface area (Å²) in [5.41, 5.74) is 7.16. The van der Waals surface area contributed by atoms with Crippen molar-refractivity contribution in [3.05, 3.63) is 59.8 Å². The zero-order valence-corrected chi connectivity index (χ0v) is 23.0. The van der Waals surface area contributed by atoms with Gasteiger partial charge >= 0.3 is 0 Å². The zero-order chi connectivity index (χ0) is 25.6. The van der Waals surface area contributed by atoms with Gasteiger partial charge in [-0.25, -0.2) is 0 Å². The Bertz CT molecular complexity index is 897. The van der Waals surface area contributed by atoms with E-state index in [1.54, 1.807) is 17.2 Å². The molecule has 0 radical (unpaired) electrons. The van der Waals surface area contributed by atoms with Crippen molar-refractivity contribution in [2.24, 2.45) is 27.8 Å². The van der Waals surface area contributed by atoms with Gasteiger partial charge < -0.3 is 9.94 Å². The maximum absolute atomic E-state index is 10.1. The molecule has 0 aromatic rings. The summed E-state index contributed by atoms with van der Waals surface area (Å²) in [5.74, 6) is 1.21. The standard InChI is InChI=1S/C32H49NO2/c1-8-21-35-33-30(31(4,5)6)13-9-11-24(3)28-18-19-29-25(12-10-20-32(28,29)7)15-16-26-22-27(34)17-14-23(26)2/h8,15-16,18,24,27,29,34H,1-2,9-14,17,19-22H2,3-7H3/b25-15+,26-16-,33-30+/t24-,27+,29+,32-/m1/s1. The summed E-state index contributed by atoms with van der Waals surface area (Å²) in [7, 11) is 0. The van der Waals surface area contributed by atoms with E-state index in [-0.39, 0.29) is 16.9 Å². The topological polar surface area (TPSA) is 41.8 Å². The highest BCUT2D eigenvalue weighted by Gasteiger charge is 2.45. The Kier molecular flexibility index (Phi) is 9.43. The van der Waals surface area contributed by atoms with Crippen molar-refractivity contribution in [3.63, 3.8) is 0 Å². The molecule has 2 fully saturated rings. The van der Waals surface area contributed by atoms with Gasteiger partial charge in [-0.2, -0.15) is 0 Å². The zero-order valence-electron chi connectivity index (χ0n) is 23.0. The van der Waals surface area contributed by atoms with E-state index in [0.717, 1.165) is 37.8 Å². The molecule has 3 aliphatic rings. The maximum atomic E-state index is 10.1. The van der Waals surface area contributed by atoms with Crippen molar-refractivity contribution in [2.75, 3.05) is 6.61 Å². The predicted molar refractivity (Wildman–Crippen MR) is 149 cm³/mol. The molecule has 0 heterocycles. The summed E-state index contributed by atoms with van der Waals surface area (Å²) >= 11 is 0. The fourth-order valence-corrected chi connectivity index (χ4v) is 6.47. The Morgan fingerprint density at radius 3 is 2.80 bits per heavy atom. The summed E-state index contributed by atoms with van der Waals surface area (Å²) in [4.78, 5) is 5.43. The fourth-order valence-electron chi connectivity index (χ4n) is 6.47.